The van der Waals surface area contributed by atoms with Crippen LogP contribution in [0.15, 0.2) is 30.3 Å². The van der Waals surface area contributed by atoms with Gasteiger partial charge in [-0.05, 0) is 5.56 Å². The summed E-state index contributed by atoms with van der Waals surface area (Å²) in [5, 5.41) is 17.8. The zero-order valence-electron chi connectivity index (χ0n) is 8.60. The van der Waals surface area contributed by atoms with Gasteiger partial charge < -0.3 is 20.7 Å². The van der Waals surface area contributed by atoms with E-state index in [0.717, 1.165) is 5.56 Å². The van der Waals surface area contributed by atoms with Crippen molar-refractivity contribution in [3.8, 4) is 0 Å². The minimum Gasteiger partial charge on any atom is -0.394 e. The number of nitrogens with two attached hydrogens (primary N) is 1. The molecule has 0 bridgehead atoms. The molecule has 84 valence electrons. The molecule has 0 fully saturated rings. The third-order valence-corrected chi connectivity index (χ3v) is 2.13. The summed E-state index contributed by atoms with van der Waals surface area (Å²) in [5.41, 5.74) is 5.63. The third-order valence-electron chi connectivity index (χ3n) is 2.13. The lowest BCUT2D eigenvalue weighted by atomic mass is 10.1. The van der Waals surface area contributed by atoms with Crippen molar-refractivity contribution in [2.45, 2.75) is 12.1 Å². The smallest absolute Gasteiger partial charge is 0.0859 e. The van der Waals surface area contributed by atoms with Gasteiger partial charge in [-0.25, -0.2) is 0 Å². The normalized spacial score (nSPS) is 11.7. The molecule has 0 saturated carbocycles. The van der Waals surface area contributed by atoms with Crippen LogP contribution in [-0.4, -0.2) is 35.6 Å². The predicted molar refractivity (Wildman–Crippen MR) is 57.2 cm³/mol. The molecule has 4 N–H and O–H groups in total. The second-order valence-electron chi connectivity index (χ2n) is 3.66. The van der Waals surface area contributed by atoms with E-state index < -0.39 is 5.54 Å². The summed E-state index contributed by atoms with van der Waals surface area (Å²) < 4.78 is 5.32. The molecular formula is C11H17NO3. The molecule has 4 heteroatoms. The molecule has 1 aromatic rings. The van der Waals surface area contributed by atoms with Gasteiger partial charge in [0, 0.05) is 0 Å². The van der Waals surface area contributed by atoms with Crippen molar-refractivity contribution in [2.24, 2.45) is 5.73 Å². The van der Waals surface area contributed by atoms with Crippen LogP contribution in [-0.2, 0) is 11.3 Å². The fraction of sp³-hybridized carbons (Fsp3) is 0.455. The Morgan fingerprint density at radius 2 is 1.73 bits per heavy atom. The molecule has 0 radical (unpaired) electrons. The van der Waals surface area contributed by atoms with E-state index in [4.69, 9.17) is 20.7 Å². The van der Waals surface area contributed by atoms with Gasteiger partial charge in [0.25, 0.3) is 0 Å². The zero-order chi connectivity index (χ0) is 11.1. The Balaban J connectivity index is 2.33. The van der Waals surface area contributed by atoms with Gasteiger partial charge in [0.2, 0.25) is 0 Å². The van der Waals surface area contributed by atoms with Gasteiger partial charge in [-0.1, -0.05) is 30.3 Å². The maximum atomic E-state index is 8.92. The summed E-state index contributed by atoms with van der Waals surface area (Å²) in [6, 6.07) is 9.66. The monoisotopic (exact) mass is 211 g/mol. The van der Waals surface area contributed by atoms with Gasteiger partial charge >= 0.3 is 0 Å². The highest BCUT2D eigenvalue weighted by atomic mass is 16.5. The molecule has 0 aliphatic carbocycles. The van der Waals surface area contributed by atoms with E-state index in [1.165, 1.54) is 0 Å². The molecular weight excluding hydrogens is 194 g/mol. The van der Waals surface area contributed by atoms with E-state index in [-0.39, 0.29) is 19.8 Å². The van der Waals surface area contributed by atoms with Crippen LogP contribution in [0.4, 0.5) is 0 Å². The Labute approximate surface area is 89.3 Å². The number of hydrogen-bond acceptors (Lipinski definition) is 4. The van der Waals surface area contributed by atoms with Crippen LogP contribution in [0.5, 0.6) is 0 Å². The Kier molecular flexibility index (Phi) is 4.71. The van der Waals surface area contributed by atoms with Gasteiger partial charge in [-0.3, -0.25) is 0 Å². The summed E-state index contributed by atoms with van der Waals surface area (Å²) in [4.78, 5) is 0. The first kappa shape index (κ1) is 12.1. The van der Waals surface area contributed by atoms with Gasteiger partial charge in [0.15, 0.2) is 0 Å². The summed E-state index contributed by atoms with van der Waals surface area (Å²) in [6.45, 7) is -0.0226. The Bertz CT molecular complexity index is 272. The second-order valence-corrected chi connectivity index (χ2v) is 3.66. The Hall–Kier alpha value is -0.940. The van der Waals surface area contributed by atoms with E-state index in [9.17, 15) is 0 Å². The van der Waals surface area contributed by atoms with Crippen LogP contribution in [0.2, 0.25) is 0 Å². The van der Waals surface area contributed by atoms with Crippen molar-refractivity contribution in [2.75, 3.05) is 19.8 Å². The quantitative estimate of drug-likeness (QED) is 0.613. The molecule has 0 heterocycles. The average molecular weight is 211 g/mol. The molecule has 0 aliphatic heterocycles. The van der Waals surface area contributed by atoms with Crippen LogP contribution in [0.1, 0.15) is 5.56 Å². The van der Waals surface area contributed by atoms with E-state index in [0.29, 0.717) is 6.61 Å². The van der Waals surface area contributed by atoms with Gasteiger partial charge in [0.1, 0.15) is 0 Å². The number of hydrogen-bond donors (Lipinski definition) is 3. The van der Waals surface area contributed by atoms with Crippen molar-refractivity contribution in [1.82, 2.24) is 0 Å². The fourth-order valence-electron chi connectivity index (χ4n) is 1.09. The number of aliphatic hydroxyl groups is 2. The number of benzene rings is 1. The lowest BCUT2D eigenvalue weighted by molar-refractivity contribution is 0.0181. The van der Waals surface area contributed by atoms with Crippen LogP contribution in [0.3, 0.4) is 0 Å². The minimum absolute atomic E-state index is 0.134. The van der Waals surface area contributed by atoms with E-state index in [2.05, 4.69) is 0 Å². The molecule has 0 aromatic heterocycles. The van der Waals surface area contributed by atoms with Crippen LogP contribution in [0, 0.1) is 0 Å². The molecule has 0 spiro atoms. The highest BCUT2D eigenvalue weighted by molar-refractivity contribution is 5.13. The van der Waals surface area contributed by atoms with Gasteiger partial charge in [0.05, 0.1) is 32.0 Å². The first-order chi connectivity index (χ1) is 7.20. The lowest BCUT2D eigenvalue weighted by Gasteiger charge is -2.24. The van der Waals surface area contributed by atoms with Crippen molar-refractivity contribution >= 4 is 0 Å². The zero-order valence-corrected chi connectivity index (χ0v) is 8.60. The predicted octanol–water partition coefficient (Wildman–Crippen LogP) is -0.115. The maximum Gasteiger partial charge on any atom is 0.0859 e. The average Bonchev–Trinajstić information content (AvgIpc) is 2.30. The second kappa shape index (κ2) is 5.82. The summed E-state index contributed by atoms with van der Waals surface area (Å²) in [5.74, 6) is 0. The molecule has 0 atom stereocenters. The maximum absolute atomic E-state index is 8.92. The van der Waals surface area contributed by atoms with E-state index in [1.807, 2.05) is 30.3 Å². The van der Waals surface area contributed by atoms with Gasteiger partial charge in [-0.15, -0.1) is 0 Å². The molecule has 15 heavy (non-hydrogen) atoms. The largest absolute Gasteiger partial charge is 0.394 e. The molecule has 1 aromatic carbocycles. The van der Waals surface area contributed by atoms with Crippen molar-refractivity contribution in [3.63, 3.8) is 0 Å². The topological polar surface area (TPSA) is 75.7 Å². The van der Waals surface area contributed by atoms with Gasteiger partial charge in [-0.2, -0.15) is 0 Å². The molecule has 1 rings (SSSR count). The SMILES string of the molecule is NC(CO)(CO)COCc1ccccc1. The Morgan fingerprint density at radius 1 is 1.13 bits per heavy atom. The first-order valence-electron chi connectivity index (χ1n) is 4.82. The van der Waals surface area contributed by atoms with Crippen molar-refractivity contribution in [1.29, 1.82) is 0 Å². The van der Waals surface area contributed by atoms with Crippen molar-refractivity contribution in [3.05, 3.63) is 35.9 Å². The Morgan fingerprint density at radius 3 is 2.27 bits per heavy atom. The summed E-state index contributed by atoms with van der Waals surface area (Å²) in [6.07, 6.45) is 0. The first-order valence-corrected chi connectivity index (χ1v) is 4.82. The molecule has 0 saturated heterocycles. The standard InChI is InChI=1S/C11H17NO3/c12-11(7-13,8-14)9-15-6-10-4-2-1-3-5-10/h1-5,13-14H,6-9,12H2. The summed E-state index contributed by atoms with van der Waals surface area (Å²) >= 11 is 0. The third kappa shape index (κ3) is 3.97. The number of rotatable bonds is 6. The van der Waals surface area contributed by atoms with Crippen LogP contribution >= 0.6 is 0 Å². The molecule has 0 amide bonds. The van der Waals surface area contributed by atoms with E-state index in [1.54, 1.807) is 0 Å². The number of ether oxygens (including phenoxy) is 1. The highest BCUT2D eigenvalue weighted by Crippen LogP contribution is 2.04. The minimum atomic E-state index is -1.05. The molecule has 0 aliphatic rings. The molecule has 0 unspecified atom stereocenters. The highest BCUT2D eigenvalue weighted by Gasteiger charge is 2.23. The van der Waals surface area contributed by atoms with Crippen molar-refractivity contribution < 1.29 is 14.9 Å². The van der Waals surface area contributed by atoms with Crippen LogP contribution < -0.4 is 5.73 Å². The summed E-state index contributed by atoms with van der Waals surface area (Å²) in [7, 11) is 0. The van der Waals surface area contributed by atoms with E-state index >= 15 is 0 Å². The lowest BCUT2D eigenvalue weighted by Crippen LogP contribution is -2.51. The fourth-order valence-corrected chi connectivity index (χ4v) is 1.09. The number of aliphatic hydroxyl groups excluding tert-OH is 2. The molecule has 4 nitrogen and oxygen atoms in total. The van der Waals surface area contributed by atoms with Crippen LogP contribution in [0.25, 0.3) is 0 Å².